The highest BCUT2D eigenvalue weighted by Gasteiger charge is 2.28. The molecule has 0 unspecified atom stereocenters. The fourth-order valence-corrected chi connectivity index (χ4v) is 2.68. The number of rotatable bonds is 5. The van der Waals surface area contributed by atoms with Crippen molar-refractivity contribution in [3.05, 3.63) is 0 Å². The Labute approximate surface area is 121 Å². The number of ether oxygens (including phenoxy) is 1. The molecule has 0 bridgehead atoms. The molecule has 4 atom stereocenters. The molecule has 0 aliphatic heterocycles. The Morgan fingerprint density at radius 2 is 1.95 bits per heavy atom. The third-order valence-corrected chi connectivity index (χ3v) is 4.38. The zero-order valence-corrected chi connectivity index (χ0v) is 13.1. The molecule has 0 saturated heterocycles. The van der Waals surface area contributed by atoms with Crippen LogP contribution < -0.4 is 10.6 Å². The minimum absolute atomic E-state index is 0.0528. The van der Waals surface area contributed by atoms with Crippen LogP contribution in [0.15, 0.2) is 0 Å². The van der Waals surface area contributed by atoms with E-state index in [9.17, 15) is 9.59 Å². The van der Waals surface area contributed by atoms with Crippen LogP contribution in [-0.2, 0) is 9.53 Å². The first-order valence-electron chi connectivity index (χ1n) is 7.64. The van der Waals surface area contributed by atoms with Crippen molar-refractivity contribution in [2.24, 2.45) is 11.8 Å². The van der Waals surface area contributed by atoms with E-state index in [0.717, 1.165) is 25.7 Å². The second-order valence-electron chi connectivity index (χ2n) is 5.87. The fourth-order valence-electron chi connectivity index (χ4n) is 2.68. The van der Waals surface area contributed by atoms with Crippen molar-refractivity contribution in [3.8, 4) is 0 Å². The summed E-state index contributed by atoms with van der Waals surface area (Å²) in [5.41, 5.74) is 0. The Bertz CT molecular complexity index is 333. The largest absolute Gasteiger partial charge is 0.467 e. The number of nitrogens with one attached hydrogen (secondary N) is 2. The number of hydrogen-bond acceptors (Lipinski definition) is 3. The molecule has 0 aromatic carbocycles. The van der Waals surface area contributed by atoms with Crippen LogP contribution in [0.5, 0.6) is 0 Å². The molecule has 1 aliphatic rings. The second-order valence-corrected chi connectivity index (χ2v) is 5.87. The summed E-state index contributed by atoms with van der Waals surface area (Å²) in [4.78, 5) is 23.8. The number of amides is 2. The van der Waals surface area contributed by atoms with Gasteiger partial charge in [-0.15, -0.1) is 0 Å². The molecule has 20 heavy (non-hydrogen) atoms. The average molecular weight is 284 g/mol. The maximum atomic E-state index is 12.1. The number of methoxy groups -OCH3 is 1. The van der Waals surface area contributed by atoms with Crippen LogP contribution in [0.2, 0.25) is 0 Å². The second kappa shape index (κ2) is 8.12. The smallest absolute Gasteiger partial charge is 0.328 e. The van der Waals surface area contributed by atoms with Gasteiger partial charge in [-0.25, -0.2) is 9.59 Å². The van der Waals surface area contributed by atoms with Crippen molar-refractivity contribution in [2.75, 3.05) is 7.11 Å². The van der Waals surface area contributed by atoms with Gasteiger partial charge in [-0.3, -0.25) is 0 Å². The van der Waals surface area contributed by atoms with Crippen molar-refractivity contribution in [1.82, 2.24) is 10.6 Å². The fraction of sp³-hybridized carbons (Fsp3) is 0.867. The molecule has 0 spiro atoms. The molecule has 2 N–H and O–H groups in total. The molecule has 0 radical (unpaired) electrons. The zero-order valence-electron chi connectivity index (χ0n) is 13.1. The minimum atomic E-state index is -0.580. The summed E-state index contributed by atoms with van der Waals surface area (Å²) in [6.45, 7) is 6.09. The van der Waals surface area contributed by atoms with Crippen molar-refractivity contribution in [1.29, 1.82) is 0 Å². The third-order valence-electron chi connectivity index (χ3n) is 4.38. The SMILES string of the molecule is CC[C@H](C)[C@H](NC(=O)N[C@@H]1CCCC[C@H]1C)C(=O)OC. The van der Waals surface area contributed by atoms with E-state index < -0.39 is 6.04 Å². The summed E-state index contributed by atoms with van der Waals surface area (Å²) in [6.07, 6.45) is 5.36. The van der Waals surface area contributed by atoms with E-state index in [0.29, 0.717) is 5.92 Å². The third kappa shape index (κ3) is 4.69. The van der Waals surface area contributed by atoms with E-state index in [-0.39, 0.29) is 24.0 Å². The Kier molecular flexibility index (Phi) is 6.82. The number of carbonyl (C=O) groups excluding carboxylic acids is 2. The van der Waals surface area contributed by atoms with Gasteiger partial charge in [-0.05, 0) is 24.7 Å². The van der Waals surface area contributed by atoms with Gasteiger partial charge in [0, 0.05) is 6.04 Å². The molecule has 1 rings (SSSR count). The Morgan fingerprint density at radius 1 is 1.30 bits per heavy atom. The van der Waals surface area contributed by atoms with Gasteiger partial charge < -0.3 is 15.4 Å². The van der Waals surface area contributed by atoms with Gasteiger partial charge in [0.25, 0.3) is 0 Å². The van der Waals surface area contributed by atoms with E-state index >= 15 is 0 Å². The maximum absolute atomic E-state index is 12.1. The molecule has 2 amide bonds. The molecule has 1 fully saturated rings. The average Bonchev–Trinajstić information content (AvgIpc) is 2.45. The van der Waals surface area contributed by atoms with E-state index in [1.54, 1.807) is 0 Å². The topological polar surface area (TPSA) is 67.4 Å². The van der Waals surface area contributed by atoms with Crippen molar-refractivity contribution < 1.29 is 14.3 Å². The van der Waals surface area contributed by atoms with Gasteiger partial charge >= 0.3 is 12.0 Å². The van der Waals surface area contributed by atoms with E-state index in [1.807, 2.05) is 13.8 Å². The van der Waals surface area contributed by atoms with Gasteiger partial charge in [-0.2, -0.15) is 0 Å². The lowest BCUT2D eigenvalue weighted by Crippen LogP contribution is -2.53. The lowest BCUT2D eigenvalue weighted by molar-refractivity contribution is -0.144. The molecule has 116 valence electrons. The summed E-state index contributed by atoms with van der Waals surface area (Å²) in [5.74, 6) is 0.165. The molecule has 1 saturated carbocycles. The number of urea groups is 1. The van der Waals surface area contributed by atoms with Crippen molar-refractivity contribution in [3.63, 3.8) is 0 Å². The van der Waals surface area contributed by atoms with E-state index in [1.165, 1.54) is 13.5 Å². The molecule has 1 aliphatic carbocycles. The highest BCUT2D eigenvalue weighted by Crippen LogP contribution is 2.23. The lowest BCUT2D eigenvalue weighted by atomic mass is 9.86. The van der Waals surface area contributed by atoms with Crippen LogP contribution in [0.4, 0.5) is 4.79 Å². The van der Waals surface area contributed by atoms with Crippen LogP contribution in [0.25, 0.3) is 0 Å². The van der Waals surface area contributed by atoms with Gasteiger partial charge in [0.15, 0.2) is 0 Å². The molecule has 5 heteroatoms. The highest BCUT2D eigenvalue weighted by molar-refractivity contribution is 5.83. The summed E-state index contributed by atoms with van der Waals surface area (Å²) in [7, 11) is 1.35. The molecule has 5 nitrogen and oxygen atoms in total. The number of carbonyl (C=O) groups is 2. The van der Waals surface area contributed by atoms with Crippen molar-refractivity contribution in [2.45, 2.75) is 65.0 Å². The standard InChI is InChI=1S/C15H28N2O3/c1-5-10(2)13(14(18)20-4)17-15(19)16-12-9-7-6-8-11(12)3/h10-13H,5-9H2,1-4H3,(H2,16,17,19)/t10-,11+,12+,13-/m0/s1. The highest BCUT2D eigenvalue weighted by atomic mass is 16.5. The van der Waals surface area contributed by atoms with Crippen molar-refractivity contribution >= 4 is 12.0 Å². The summed E-state index contributed by atoms with van der Waals surface area (Å²) < 4.78 is 4.77. The van der Waals surface area contributed by atoms with Gasteiger partial charge in [-0.1, -0.05) is 40.0 Å². The zero-order chi connectivity index (χ0) is 15.1. The Hall–Kier alpha value is -1.26. The van der Waals surface area contributed by atoms with Crippen LogP contribution in [0.3, 0.4) is 0 Å². The normalized spacial score (nSPS) is 25.4. The first kappa shape index (κ1) is 16.8. The van der Waals surface area contributed by atoms with Crippen LogP contribution in [0.1, 0.15) is 52.9 Å². The van der Waals surface area contributed by atoms with Gasteiger partial charge in [0.2, 0.25) is 0 Å². The number of hydrogen-bond donors (Lipinski definition) is 2. The molecular weight excluding hydrogens is 256 g/mol. The Balaban J connectivity index is 2.54. The first-order chi connectivity index (χ1) is 9.49. The summed E-state index contributed by atoms with van der Waals surface area (Å²) in [5, 5.41) is 5.76. The van der Waals surface area contributed by atoms with E-state index in [2.05, 4.69) is 17.6 Å². The first-order valence-corrected chi connectivity index (χ1v) is 7.64. The quantitative estimate of drug-likeness (QED) is 0.762. The molecule has 0 aromatic rings. The predicted octanol–water partition coefficient (Wildman–Crippen LogP) is 2.45. The van der Waals surface area contributed by atoms with Crippen LogP contribution in [0, 0.1) is 11.8 Å². The molecule has 0 aromatic heterocycles. The molecule has 0 heterocycles. The summed E-state index contributed by atoms with van der Waals surface area (Å²) in [6, 6.07) is -0.637. The summed E-state index contributed by atoms with van der Waals surface area (Å²) >= 11 is 0. The molecular formula is C15H28N2O3. The van der Waals surface area contributed by atoms with Crippen LogP contribution >= 0.6 is 0 Å². The van der Waals surface area contributed by atoms with Gasteiger partial charge in [0.1, 0.15) is 6.04 Å². The van der Waals surface area contributed by atoms with Crippen LogP contribution in [-0.4, -0.2) is 31.2 Å². The number of esters is 1. The lowest BCUT2D eigenvalue weighted by Gasteiger charge is -2.30. The maximum Gasteiger partial charge on any atom is 0.328 e. The Morgan fingerprint density at radius 3 is 2.50 bits per heavy atom. The predicted molar refractivity (Wildman–Crippen MR) is 78.3 cm³/mol. The minimum Gasteiger partial charge on any atom is -0.467 e. The van der Waals surface area contributed by atoms with Gasteiger partial charge in [0.05, 0.1) is 7.11 Å². The monoisotopic (exact) mass is 284 g/mol. The van der Waals surface area contributed by atoms with E-state index in [4.69, 9.17) is 4.74 Å².